The Morgan fingerprint density at radius 3 is 2.81 bits per heavy atom. The van der Waals surface area contributed by atoms with Gasteiger partial charge in [-0.15, -0.1) is 0 Å². The van der Waals surface area contributed by atoms with Crippen molar-refractivity contribution in [1.29, 1.82) is 0 Å². The van der Waals surface area contributed by atoms with Crippen LogP contribution in [0.2, 0.25) is 0 Å². The minimum atomic E-state index is 0.390. The first-order valence-corrected chi connectivity index (χ1v) is 8.14. The van der Waals surface area contributed by atoms with Crippen LogP contribution >= 0.6 is 0 Å². The Hall–Kier alpha value is -1.36. The molecule has 0 aromatic carbocycles. The Kier molecular flexibility index (Phi) is 6.23. The number of hydrogen-bond acceptors (Lipinski definition) is 5. The quantitative estimate of drug-likeness (QED) is 0.836. The molecule has 1 aliphatic heterocycles. The molecule has 0 aliphatic carbocycles. The maximum absolute atomic E-state index is 5.63. The van der Waals surface area contributed by atoms with Crippen LogP contribution in [-0.2, 0) is 0 Å². The van der Waals surface area contributed by atoms with Gasteiger partial charge in [0.25, 0.3) is 0 Å². The van der Waals surface area contributed by atoms with Crippen LogP contribution in [-0.4, -0.2) is 42.3 Å². The molecule has 1 aliphatic rings. The van der Waals surface area contributed by atoms with E-state index in [0.717, 1.165) is 37.9 Å². The molecule has 1 aromatic heterocycles. The van der Waals surface area contributed by atoms with E-state index in [-0.39, 0.29) is 0 Å². The van der Waals surface area contributed by atoms with Crippen LogP contribution in [0.1, 0.15) is 40.0 Å². The van der Waals surface area contributed by atoms with Crippen LogP contribution in [0.5, 0.6) is 5.88 Å². The van der Waals surface area contributed by atoms with Gasteiger partial charge in [-0.05, 0) is 52.1 Å². The molecule has 118 valence electrons. The summed E-state index contributed by atoms with van der Waals surface area (Å²) in [6, 6.07) is 2.23. The summed E-state index contributed by atoms with van der Waals surface area (Å²) < 4.78 is 5.63. The number of aromatic nitrogens is 2. The van der Waals surface area contributed by atoms with E-state index in [1.54, 1.807) is 6.20 Å². The summed E-state index contributed by atoms with van der Waals surface area (Å²) in [5.41, 5.74) is 0. The number of piperidine rings is 1. The van der Waals surface area contributed by atoms with Gasteiger partial charge >= 0.3 is 0 Å². The van der Waals surface area contributed by atoms with Crippen molar-refractivity contribution >= 4 is 5.95 Å². The van der Waals surface area contributed by atoms with Gasteiger partial charge in [0.05, 0.1) is 6.61 Å². The van der Waals surface area contributed by atoms with Gasteiger partial charge in [-0.25, -0.2) is 4.98 Å². The van der Waals surface area contributed by atoms with Crippen LogP contribution in [0.15, 0.2) is 12.3 Å². The fourth-order valence-electron chi connectivity index (χ4n) is 2.62. The van der Waals surface area contributed by atoms with Gasteiger partial charge in [0, 0.05) is 24.8 Å². The fraction of sp³-hybridized carbons (Fsp3) is 0.750. The highest BCUT2D eigenvalue weighted by molar-refractivity contribution is 5.33. The molecule has 5 heteroatoms. The normalized spacial score (nSPS) is 16.2. The Morgan fingerprint density at radius 1 is 1.38 bits per heavy atom. The van der Waals surface area contributed by atoms with Gasteiger partial charge in [-0.1, -0.05) is 6.92 Å². The number of nitrogens with one attached hydrogen (secondary N) is 1. The zero-order valence-electron chi connectivity index (χ0n) is 13.5. The van der Waals surface area contributed by atoms with Crippen LogP contribution in [0.25, 0.3) is 0 Å². The first-order valence-electron chi connectivity index (χ1n) is 8.14. The van der Waals surface area contributed by atoms with E-state index in [1.807, 2.05) is 6.07 Å². The summed E-state index contributed by atoms with van der Waals surface area (Å²) in [4.78, 5) is 11.3. The lowest BCUT2D eigenvalue weighted by Gasteiger charge is -2.32. The van der Waals surface area contributed by atoms with E-state index in [2.05, 4.69) is 41.0 Å². The Morgan fingerprint density at radius 2 is 2.14 bits per heavy atom. The van der Waals surface area contributed by atoms with Gasteiger partial charge < -0.3 is 15.0 Å². The summed E-state index contributed by atoms with van der Waals surface area (Å²) in [6.45, 7) is 10.5. The van der Waals surface area contributed by atoms with Gasteiger partial charge in [-0.2, -0.15) is 4.98 Å². The molecular formula is C16H28N4O. The molecule has 0 amide bonds. The third-order valence-electron chi connectivity index (χ3n) is 3.87. The fourth-order valence-corrected chi connectivity index (χ4v) is 2.62. The first-order chi connectivity index (χ1) is 10.2. The minimum Gasteiger partial charge on any atom is -0.478 e. The molecule has 0 saturated carbocycles. The number of anilines is 1. The Labute approximate surface area is 128 Å². The zero-order chi connectivity index (χ0) is 15.1. The van der Waals surface area contributed by atoms with Crippen LogP contribution in [0.4, 0.5) is 5.95 Å². The van der Waals surface area contributed by atoms with Gasteiger partial charge in [0.2, 0.25) is 11.8 Å². The number of ether oxygens (including phenoxy) is 1. The summed E-state index contributed by atoms with van der Waals surface area (Å²) in [5, 5.41) is 3.42. The van der Waals surface area contributed by atoms with Crippen molar-refractivity contribution in [3.05, 3.63) is 12.3 Å². The topological polar surface area (TPSA) is 50.3 Å². The van der Waals surface area contributed by atoms with Crippen molar-refractivity contribution in [2.45, 2.75) is 46.1 Å². The maximum atomic E-state index is 5.63. The second-order valence-corrected chi connectivity index (χ2v) is 5.98. The van der Waals surface area contributed by atoms with Gasteiger partial charge in [0.1, 0.15) is 0 Å². The molecule has 21 heavy (non-hydrogen) atoms. The van der Waals surface area contributed by atoms with E-state index in [0.29, 0.717) is 18.5 Å². The third-order valence-corrected chi connectivity index (χ3v) is 3.87. The van der Waals surface area contributed by atoms with Crippen molar-refractivity contribution < 1.29 is 4.74 Å². The molecule has 5 nitrogen and oxygen atoms in total. The van der Waals surface area contributed by atoms with Gasteiger partial charge in [0.15, 0.2) is 0 Å². The molecule has 1 aromatic rings. The van der Waals surface area contributed by atoms with E-state index < -0.39 is 0 Å². The van der Waals surface area contributed by atoms with Crippen molar-refractivity contribution in [1.82, 2.24) is 15.3 Å². The molecule has 0 spiro atoms. The summed E-state index contributed by atoms with van der Waals surface area (Å²) in [5.74, 6) is 2.19. The molecule has 0 unspecified atom stereocenters. The lowest BCUT2D eigenvalue weighted by atomic mass is 9.97. The molecule has 1 saturated heterocycles. The largest absolute Gasteiger partial charge is 0.478 e. The molecule has 1 N–H and O–H groups in total. The number of rotatable bonds is 7. The maximum Gasteiger partial charge on any atom is 0.228 e. The predicted octanol–water partition coefficient (Wildman–Crippen LogP) is 2.48. The van der Waals surface area contributed by atoms with Crippen LogP contribution < -0.4 is 15.0 Å². The van der Waals surface area contributed by atoms with Crippen LogP contribution in [0, 0.1) is 5.92 Å². The second-order valence-electron chi connectivity index (χ2n) is 5.98. The summed E-state index contributed by atoms with van der Waals surface area (Å²) >= 11 is 0. The first kappa shape index (κ1) is 16.0. The molecular weight excluding hydrogens is 264 g/mol. The highest BCUT2D eigenvalue weighted by Crippen LogP contribution is 2.20. The standard InChI is InChI=1S/C16H28N4O/c1-4-11-21-15-7-10-18-16(19-15)20(13(2)3)12-14-5-8-17-9-6-14/h7,10,13-14,17H,4-6,8-9,11-12H2,1-3H3. The third kappa shape index (κ3) is 4.84. The highest BCUT2D eigenvalue weighted by atomic mass is 16.5. The van der Waals surface area contributed by atoms with Crippen molar-refractivity contribution in [2.24, 2.45) is 5.92 Å². The second kappa shape index (κ2) is 8.17. The lowest BCUT2D eigenvalue weighted by Crippen LogP contribution is -2.40. The van der Waals surface area contributed by atoms with Crippen molar-refractivity contribution in [3.8, 4) is 5.88 Å². The number of nitrogens with zero attached hydrogens (tertiary/aromatic N) is 3. The van der Waals surface area contributed by atoms with E-state index >= 15 is 0 Å². The molecule has 2 heterocycles. The van der Waals surface area contributed by atoms with E-state index in [4.69, 9.17) is 4.74 Å². The lowest BCUT2D eigenvalue weighted by molar-refractivity contribution is 0.304. The van der Waals surface area contributed by atoms with E-state index in [9.17, 15) is 0 Å². The SMILES string of the molecule is CCCOc1ccnc(N(CC2CCNCC2)C(C)C)n1. The van der Waals surface area contributed by atoms with Crippen molar-refractivity contribution in [3.63, 3.8) is 0 Å². The van der Waals surface area contributed by atoms with Crippen molar-refractivity contribution in [2.75, 3.05) is 31.1 Å². The van der Waals surface area contributed by atoms with E-state index in [1.165, 1.54) is 12.8 Å². The molecule has 0 bridgehead atoms. The highest BCUT2D eigenvalue weighted by Gasteiger charge is 2.21. The Balaban J connectivity index is 2.05. The summed E-state index contributed by atoms with van der Waals surface area (Å²) in [7, 11) is 0. The predicted molar refractivity (Wildman–Crippen MR) is 85.9 cm³/mol. The Bertz CT molecular complexity index is 418. The minimum absolute atomic E-state index is 0.390. The molecule has 2 rings (SSSR count). The zero-order valence-corrected chi connectivity index (χ0v) is 13.5. The molecule has 0 radical (unpaired) electrons. The van der Waals surface area contributed by atoms with Crippen LogP contribution in [0.3, 0.4) is 0 Å². The average Bonchev–Trinajstić information content (AvgIpc) is 2.51. The monoisotopic (exact) mass is 292 g/mol. The summed E-state index contributed by atoms with van der Waals surface area (Å²) in [6.07, 6.45) is 5.25. The van der Waals surface area contributed by atoms with Gasteiger partial charge in [-0.3, -0.25) is 0 Å². The average molecular weight is 292 g/mol. The smallest absolute Gasteiger partial charge is 0.228 e. The number of hydrogen-bond donors (Lipinski definition) is 1. The molecule has 1 fully saturated rings. The molecule has 0 atom stereocenters.